The van der Waals surface area contributed by atoms with Crippen LogP contribution in [0.2, 0.25) is 0 Å². The van der Waals surface area contributed by atoms with Crippen molar-refractivity contribution in [2.24, 2.45) is 0 Å². The van der Waals surface area contributed by atoms with E-state index in [2.05, 4.69) is 89.6 Å². The van der Waals surface area contributed by atoms with Crippen molar-refractivity contribution in [3.8, 4) is 21.8 Å². The highest BCUT2D eigenvalue weighted by atomic mass is 32.1. The zero-order chi connectivity index (χ0) is 23.8. The lowest BCUT2D eigenvalue weighted by atomic mass is 9.96. The van der Waals surface area contributed by atoms with Crippen molar-refractivity contribution in [3.63, 3.8) is 0 Å². The molecule has 0 radical (unpaired) electrons. The minimum atomic E-state index is 0.897. The van der Waals surface area contributed by atoms with Crippen LogP contribution in [-0.2, 0) is 0 Å². The molecular formula is C29H26N4S. The van der Waals surface area contributed by atoms with E-state index in [0.29, 0.717) is 0 Å². The van der Waals surface area contributed by atoms with Gasteiger partial charge < -0.3 is 4.98 Å². The van der Waals surface area contributed by atoms with Gasteiger partial charge in [-0.2, -0.15) is 5.10 Å². The third-order valence-corrected chi connectivity index (χ3v) is 7.33. The van der Waals surface area contributed by atoms with Crippen LogP contribution in [0.4, 0.5) is 0 Å². The lowest BCUT2D eigenvalue weighted by molar-refractivity contribution is 1.12. The molecule has 0 fully saturated rings. The number of hydrogen-bond donors (Lipinski definition) is 2. The van der Waals surface area contributed by atoms with Crippen molar-refractivity contribution < 1.29 is 0 Å². The van der Waals surface area contributed by atoms with Crippen LogP contribution >= 0.6 is 11.3 Å². The van der Waals surface area contributed by atoms with Crippen molar-refractivity contribution in [1.29, 1.82) is 0 Å². The van der Waals surface area contributed by atoms with Gasteiger partial charge in [0, 0.05) is 32.3 Å². The molecule has 4 heterocycles. The Hall–Kier alpha value is -3.96. The SMILES string of the molecule is C=C/C=C(C)\C(=C/C)c1ccc2[nH]nc(-c3cc4c(-c5ccc(C(=C)C)s5)cncc4[nH]3)c2c1. The average molecular weight is 463 g/mol. The number of rotatable bonds is 6. The van der Waals surface area contributed by atoms with Gasteiger partial charge in [-0.05, 0) is 73.4 Å². The number of nitrogens with one attached hydrogen (secondary N) is 2. The fourth-order valence-electron chi connectivity index (χ4n) is 4.36. The van der Waals surface area contributed by atoms with E-state index < -0.39 is 0 Å². The molecule has 0 aliphatic heterocycles. The maximum Gasteiger partial charge on any atom is 0.116 e. The molecule has 0 spiro atoms. The van der Waals surface area contributed by atoms with Crippen molar-refractivity contribution in [3.05, 3.63) is 96.2 Å². The second-order valence-corrected chi connectivity index (χ2v) is 9.48. The predicted molar refractivity (Wildman–Crippen MR) is 147 cm³/mol. The summed E-state index contributed by atoms with van der Waals surface area (Å²) in [5, 5.41) is 10.1. The molecule has 0 saturated heterocycles. The molecule has 0 amide bonds. The highest BCUT2D eigenvalue weighted by molar-refractivity contribution is 7.16. The van der Waals surface area contributed by atoms with Crippen LogP contribution in [0.25, 0.3) is 54.8 Å². The summed E-state index contributed by atoms with van der Waals surface area (Å²) in [5.41, 5.74) is 9.54. The lowest BCUT2D eigenvalue weighted by Gasteiger charge is -2.08. The van der Waals surface area contributed by atoms with Crippen LogP contribution < -0.4 is 0 Å². The van der Waals surface area contributed by atoms with Crippen LogP contribution in [0.5, 0.6) is 0 Å². The first-order valence-corrected chi connectivity index (χ1v) is 12.0. The molecule has 0 aliphatic carbocycles. The fraction of sp³-hybridized carbons (Fsp3) is 0.103. The highest BCUT2D eigenvalue weighted by Gasteiger charge is 2.16. The molecule has 0 saturated carbocycles. The standard InChI is InChI=1S/C29H26N4S/c1-6-8-18(5)20(7-2)19-9-10-24-22(13-19)29(33-32-24)25-14-21-23(15-30-16-26(21)31-25)28-12-11-27(34-28)17(3)4/h6-16,31H,1,3H2,2,4-5H3,(H,32,33)/b18-8-,20-7+. The van der Waals surface area contributed by atoms with E-state index in [4.69, 9.17) is 0 Å². The molecule has 0 atom stereocenters. The molecule has 0 unspecified atom stereocenters. The van der Waals surface area contributed by atoms with Crippen LogP contribution in [0, 0.1) is 0 Å². The van der Waals surface area contributed by atoms with Gasteiger partial charge in [-0.1, -0.05) is 37.5 Å². The van der Waals surface area contributed by atoms with Crippen LogP contribution in [0.3, 0.4) is 0 Å². The number of aromatic amines is 2. The predicted octanol–water partition coefficient (Wildman–Crippen LogP) is 8.40. The number of pyridine rings is 1. The molecule has 2 N–H and O–H groups in total. The summed E-state index contributed by atoms with van der Waals surface area (Å²) in [6.07, 6.45) is 9.80. The number of hydrogen-bond acceptors (Lipinski definition) is 3. The van der Waals surface area contributed by atoms with E-state index in [1.165, 1.54) is 20.9 Å². The first-order valence-electron chi connectivity index (χ1n) is 11.2. The Balaban J connectivity index is 1.63. The van der Waals surface area contributed by atoms with Gasteiger partial charge in [-0.15, -0.1) is 11.3 Å². The molecule has 5 heteroatoms. The summed E-state index contributed by atoms with van der Waals surface area (Å²) in [7, 11) is 0. The van der Waals surface area contributed by atoms with E-state index in [1.54, 1.807) is 11.3 Å². The Labute approximate surface area is 203 Å². The second kappa shape index (κ2) is 8.76. The van der Waals surface area contributed by atoms with Crippen LogP contribution in [0.15, 0.2) is 85.8 Å². The van der Waals surface area contributed by atoms with E-state index in [0.717, 1.165) is 49.9 Å². The molecule has 0 bridgehead atoms. The summed E-state index contributed by atoms with van der Waals surface area (Å²) >= 11 is 1.74. The van der Waals surface area contributed by atoms with E-state index in [-0.39, 0.29) is 0 Å². The Kier molecular flexibility index (Phi) is 5.64. The highest BCUT2D eigenvalue weighted by Crippen LogP contribution is 2.38. The van der Waals surface area contributed by atoms with Crippen molar-refractivity contribution in [1.82, 2.24) is 20.2 Å². The van der Waals surface area contributed by atoms with Gasteiger partial charge >= 0.3 is 0 Å². The number of aromatic nitrogens is 4. The lowest BCUT2D eigenvalue weighted by Crippen LogP contribution is -1.87. The minimum Gasteiger partial charge on any atom is -0.352 e. The maximum absolute atomic E-state index is 4.66. The summed E-state index contributed by atoms with van der Waals surface area (Å²) in [5.74, 6) is 0. The topological polar surface area (TPSA) is 57.4 Å². The van der Waals surface area contributed by atoms with Crippen molar-refractivity contribution >= 4 is 44.3 Å². The monoisotopic (exact) mass is 462 g/mol. The van der Waals surface area contributed by atoms with Gasteiger partial charge in [0.15, 0.2) is 0 Å². The Morgan fingerprint density at radius 2 is 1.88 bits per heavy atom. The second-order valence-electron chi connectivity index (χ2n) is 8.40. The Bertz CT molecular complexity index is 1620. The fourth-order valence-corrected chi connectivity index (χ4v) is 5.32. The molecule has 5 aromatic rings. The molecule has 4 aromatic heterocycles. The van der Waals surface area contributed by atoms with Crippen LogP contribution in [0.1, 0.15) is 31.2 Å². The number of benzene rings is 1. The third-order valence-electron chi connectivity index (χ3n) is 6.05. The quantitative estimate of drug-likeness (QED) is 0.249. The number of thiophene rings is 1. The summed E-state index contributed by atoms with van der Waals surface area (Å²) in [6, 6.07) is 12.9. The molecule has 5 rings (SSSR count). The van der Waals surface area contributed by atoms with Gasteiger partial charge in [-0.3, -0.25) is 10.1 Å². The van der Waals surface area contributed by atoms with Gasteiger partial charge in [0.05, 0.1) is 22.9 Å². The van der Waals surface area contributed by atoms with Gasteiger partial charge in [0.1, 0.15) is 5.69 Å². The smallest absolute Gasteiger partial charge is 0.116 e. The summed E-state index contributed by atoms with van der Waals surface area (Å²) in [6.45, 7) is 14.1. The number of nitrogens with zero attached hydrogens (tertiary/aromatic N) is 2. The van der Waals surface area contributed by atoms with Gasteiger partial charge in [0.25, 0.3) is 0 Å². The normalized spacial score (nSPS) is 12.6. The van der Waals surface area contributed by atoms with Crippen molar-refractivity contribution in [2.45, 2.75) is 20.8 Å². The largest absolute Gasteiger partial charge is 0.352 e. The maximum atomic E-state index is 4.66. The molecule has 1 aromatic carbocycles. The Morgan fingerprint density at radius 3 is 2.62 bits per heavy atom. The average Bonchev–Trinajstić information content (AvgIpc) is 3.56. The Morgan fingerprint density at radius 1 is 1.03 bits per heavy atom. The minimum absolute atomic E-state index is 0.897. The van der Waals surface area contributed by atoms with Crippen molar-refractivity contribution in [2.75, 3.05) is 0 Å². The zero-order valence-corrected chi connectivity index (χ0v) is 20.4. The first-order chi connectivity index (χ1) is 16.5. The molecular weight excluding hydrogens is 436 g/mol. The summed E-state index contributed by atoms with van der Waals surface area (Å²) in [4.78, 5) is 10.4. The number of fused-ring (bicyclic) bond motifs is 2. The number of H-pyrrole nitrogens is 2. The first kappa shape index (κ1) is 21.9. The number of allylic oxidation sites excluding steroid dienone is 6. The van der Waals surface area contributed by atoms with E-state index >= 15 is 0 Å². The molecule has 34 heavy (non-hydrogen) atoms. The molecule has 0 aliphatic rings. The van der Waals surface area contributed by atoms with E-state index in [1.807, 2.05) is 31.5 Å². The zero-order valence-electron chi connectivity index (χ0n) is 19.6. The third kappa shape index (κ3) is 3.74. The van der Waals surface area contributed by atoms with Crippen LogP contribution in [-0.4, -0.2) is 20.2 Å². The molecule has 168 valence electrons. The molecule has 4 nitrogen and oxygen atoms in total. The van der Waals surface area contributed by atoms with Gasteiger partial charge in [-0.25, -0.2) is 0 Å². The van der Waals surface area contributed by atoms with E-state index in [9.17, 15) is 0 Å². The van der Waals surface area contributed by atoms with Gasteiger partial charge in [0.2, 0.25) is 0 Å². The summed E-state index contributed by atoms with van der Waals surface area (Å²) < 4.78 is 0.